The Labute approximate surface area is 181 Å². The quantitative estimate of drug-likeness (QED) is 0.484. The molecule has 0 aromatic heterocycles. The van der Waals surface area contributed by atoms with E-state index in [-0.39, 0.29) is 24.3 Å². The number of carbonyl (C=O) groups excluding carboxylic acids is 1. The van der Waals surface area contributed by atoms with Crippen molar-refractivity contribution in [3.05, 3.63) is 24.3 Å². The van der Waals surface area contributed by atoms with E-state index in [1.54, 1.807) is 31.2 Å². The molecule has 1 aliphatic heterocycles. The van der Waals surface area contributed by atoms with Crippen LogP contribution in [0.25, 0.3) is 0 Å². The molecule has 0 aliphatic carbocycles. The summed E-state index contributed by atoms with van der Waals surface area (Å²) >= 11 is 0. The van der Waals surface area contributed by atoms with Crippen molar-refractivity contribution in [2.45, 2.75) is 69.4 Å². The van der Waals surface area contributed by atoms with Gasteiger partial charge in [0.1, 0.15) is 10.6 Å². The van der Waals surface area contributed by atoms with Gasteiger partial charge in [-0.05, 0) is 57.2 Å². The van der Waals surface area contributed by atoms with Crippen molar-refractivity contribution in [2.24, 2.45) is 5.92 Å². The van der Waals surface area contributed by atoms with E-state index in [4.69, 9.17) is 9.47 Å². The molecule has 0 bridgehead atoms. The predicted octanol–water partition coefficient (Wildman–Crippen LogP) is 4.08. The highest BCUT2D eigenvalue weighted by Crippen LogP contribution is 2.40. The zero-order valence-corrected chi connectivity index (χ0v) is 19.7. The minimum atomic E-state index is -4.00. The molecule has 0 N–H and O–H groups in total. The van der Waals surface area contributed by atoms with Crippen LogP contribution in [0.15, 0.2) is 29.2 Å². The van der Waals surface area contributed by atoms with E-state index in [9.17, 15) is 13.2 Å². The van der Waals surface area contributed by atoms with Gasteiger partial charge in [0.25, 0.3) is 0 Å². The third-order valence-corrected chi connectivity index (χ3v) is 8.26. The van der Waals surface area contributed by atoms with Gasteiger partial charge >= 0.3 is 5.97 Å². The normalized spacial score (nSPS) is 17.1. The van der Waals surface area contributed by atoms with Gasteiger partial charge in [0.15, 0.2) is 14.6 Å². The molecule has 1 heterocycles. The van der Waals surface area contributed by atoms with Crippen LogP contribution in [0.2, 0.25) is 0 Å². The molecular formula is C23H37NO5S. The number of benzene rings is 1. The highest BCUT2D eigenvalue weighted by molar-refractivity contribution is 7.93. The van der Waals surface area contributed by atoms with Crippen LogP contribution >= 0.6 is 0 Å². The summed E-state index contributed by atoms with van der Waals surface area (Å²) in [5, 5.41) is 0. The SMILES string of the molecule is CCCCN1CCC(C(=O)OCC)(S(=O)(=O)c2ccccc2OCCC(C)C)CC1. The molecule has 0 radical (unpaired) electrons. The number of hydrogen-bond donors (Lipinski definition) is 0. The lowest BCUT2D eigenvalue weighted by atomic mass is 9.95. The van der Waals surface area contributed by atoms with Crippen LogP contribution in [0.4, 0.5) is 0 Å². The second kappa shape index (κ2) is 11.1. The van der Waals surface area contributed by atoms with Gasteiger partial charge in [-0.15, -0.1) is 0 Å². The Morgan fingerprint density at radius 2 is 1.83 bits per heavy atom. The highest BCUT2D eigenvalue weighted by atomic mass is 32.2. The van der Waals surface area contributed by atoms with E-state index >= 15 is 0 Å². The maximum Gasteiger partial charge on any atom is 0.327 e. The number of likely N-dealkylation sites (tertiary alicyclic amines) is 1. The third-order valence-electron chi connectivity index (χ3n) is 5.74. The smallest absolute Gasteiger partial charge is 0.327 e. The van der Waals surface area contributed by atoms with Crippen LogP contribution in [0.1, 0.15) is 59.8 Å². The molecule has 1 aliphatic rings. The molecular weight excluding hydrogens is 402 g/mol. The monoisotopic (exact) mass is 439 g/mol. The molecule has 0 unspecified atom stereocenters. The number of ether oxygens (including phenoxy) is 2. The summed E-state index contributed by atoms with van der Waals surface area (Å²) in [6.45, 7) is 10.7. The standard InChI is InChI=1S/C23H37NO5S/c1-5-7-15-24-16-13-23(14-17-24,22(25)28-6-2)30(26,27)21-11-9-8-10-20(21)29-18-12-19(3)4/h8-11,19H,5-7,12-18H2,1-4H3. The van der Waals surface area contributed by atoms with Crippen LogP contribution < -0.4 is 4.74 Å². The van der Waals surface area contributed by atoms with Crippen LogP contribution in [0, 0.1) is 5.92 Å². The average Bonchev–Trinajstić information content (AvgIpc) is 2.72. The molecule has 0 saturated carbocycles. The predicted molar refractivity (Wildman–Crippen MR) is 119 cm³/mol. The van der Waals surface area contributed by atoms with E-state index in [0.29, 0.717) is 31.4 Å². The Morgan fingerprint density at radius 1 is 1.17 bits per heavy atom. The van der Waals surface area contributed by atoms with E-state index in [0.717, 1.165) is 25.8 Å². The second-order valence-electron chi connectivity index (χ2n) is 8.39. The molecule has 7 heteroatoms. The van der Waals surface area contributed by atoms with Crippen LogP contribution in [0.5, 0.6) is 5.75 Å². The topological polar surface area (TPSA) is 72.9 Å². The summed E-state index contributed by atoms with van der Waals surface area (Å²) in [5.41, 5.74) is 0. The van der Waals surface area contributed by atoms with Gasteiger partial charge in [0.05, 0.1) is 13.2 Å². The molecule has 1 aromatic rings. The van der Waals surface area contributed by atoms with Crippen molar-refractivity contribution >= 4 is 15.8 Å². The lowest BCUT2D eigenvalue weighted by Crippen LogP contribution is -2.55. The van der Waals surface area contributed by atoms with E-state index in [2.05, 4.69) is 25.7 Å². The van der Waals surface area contributed by atoms with E-state index in [1.807, 2.05) is 0 Å². The summed E-state index contributed by atoms with van der Waals surface area (Å²) in [7, 11) is -4.00. The van der Waals surface area contributed by atoms with Crippen molar-refractivity contribution in [2.75, 3.05) is 32.8 Å². The Kier molecular flexibility index (Phi) is 9.16. The van der Waals surface area contributed by atoms with E-state index in [1.165, 1.54) is 0 Å². The van der Waals surface area contributed by atoms with E-state index < -0.39 is 20.6 Å². The molecule has 6 nitrogen and oxygen atoms in total. The van der Waals surface area contributed by atoms with Crippen molar-refractivity contribution in [3.63, 3.8) is 0 Å². The van der Waals surface area contributed by atoms with Crippen molar-refractivity contribution < 1.29 is 22.7 Å². The number of rotatable bonds is 11. The first kappa shape index (κ1) is 24.7. The Hall–Kier alpha value is -1.60. The van der Waals surface area contributed by atoms with Gasteiger partial charge in [-0.25, -0.2) is 8.42 Å². The zero-order valence-electron chi connectivity index (χ0n) is 18.9. The number of sulfone groups is 1. The molecule has 1 aromatic carbocycles. The first-order valence-electron chi connectivity index (χ1n) is 11.1. The van der Waals surface area contributed by atoms with Gasteiger partial charge < -0.3 is 14.4 Å². The summed E-state index contributed by atoms with van der Waals surface area (Å²) in [6.07, 6.45) is 3.44. The fourth-order valence-electron chi connectivity index (χ4n) is 3.77. The van der Waals surface area contributed by atoms with Gasteiger partial charge in [-0.2, -0.15) is 0 Å². The molecule has 170 valence electrons. The summed E-state index contributed by atoms with van der Waals surface area (Å²) in [5.74, 6) is 0.124. The summed E-state index contributed by atoms with van der Waals surface area (Å²) in [4.78, 5) is 15.3. The first-order chi connectivity index (χ1) is 14.3. The molecule has 30 heavy (non-hydrogen) atoms. The Morgan fingerprint density at radius 3 is 2.43 bits per heavy atom. The largest absolute Gasteiger partial charge is 0.492 e. The van der Waals surface area contributed by atoms with Gasteiger partial charge in [-0.3, -0.25) is 4.79 Å². The molecule has 0 amide bonds. The summed E-state index contributed by atoms with van der Waals surface area (Å²) in [6, 6.07) is 6.65. The maximum absolute atomic E-state index is 13.9. The van der Waals surface area contributed by atoms with Crippen LogP contribution in [-0.2, 0) is 19.4 Å². The average molecular weight is 440 g/mol. The number of esters is 1. The minimum absolute atomic E-state index is 0.0869. The Bertz CT molecular complexity index is 783. The second-order valence-corrected chi connectivity index (χ2v) is 10.6. The first-order valence-corrected chi connectivity index (χ1v) is 12.6. The molecule has 0 spiro atoms. The van der Waals surface area contributed by atoms with Crippen molar-refractivity contribution in [1.82, 2.24) is 4.90 Å². The molecule has 1 saturated heterocycles. The Balaban J connectivity index is 2.36. The fraction of sp³-hybridized carbons (Fsp3) is 0.696. The highest BCUT2D eigenvalue weighted by Gasteiger charge is 2.54. The number of para-hydroxylation sites is 1. The van der Waals surface area contributed by atoms with Crippen LogP contribution in [0.3, 0.4) is 0 Å². The number of piperidine rings is 1. The number of unbranched alkanes of at least 4 members (excludes halogenated alkanes) is 1. The van der Waals surface area contributed by atoms with Crippen molar-refractivity contribution in [3.8, 4) is 5.75 Å². The van der Waals surface area contributed by atoms with Crippen LogP contribution in [-0.4, -0.2) is 56.9 Å². The fourth-order valence-corrected chi connectivity index (χ4v) is 5.84. The molecule has 0 atom stereocenters. The number of carbonyl (C=O) groups is 1. The minimum Gasteiger partial charge on any atom is -0.492 e. The maximum atomic E-state index is 13.9. The number of hydrogen-bond acceptors (Lipinski definition) is 6. The third kappa shape index (κ3) is 5.55. The number of nitrogens with zero attached hydrogens (tertiary/aromatic N) is 1. The zero-order chi connectivity index (χ0) is 22.2. The lowest BCUT2D eigenvalue weighted by Gasteiger charge is -2.39. The summed E-state index contributed by atoms with van der Waals surface area (Å²) < 4.78 is 37.3. The lowest BCUT2D eigenvalue weighted by molar-refractivity contribution is -0.147. The van der Waals surface area contributed by atoms with Gasteiger partial charge in [0.2, 0.25) is 0 Å². The van der Waals surface area contributed by atoms with Gasteiger partial charge in [-0.1, -0.05) is 39.3 Å². The molecule has 2 rings (SSSR count). The van der Waals surface area contributed by atoms with Crippen molar-refractivity contribution in [1.29, 1.82) is 0 Å². The molecule has 1 fully saturated rings. The van der Waals surface area contributed by atoms with Gasteiger partial charge in [0, 0.05) is 13.1 Å².